The van der Waals surface area contributed by atoms with Crippen LogP contribution in [-0.2, 0) is 6.42 Å². The lowest BCUT2D eigenvalue weighted by molar-refractivity contribution is 0.0963. The highest BCUT2D eigenvalue weighted by atomic mass is 32.1. The van der Waals surface area contributed by atoms with Crippen LogP contribution in [0.25, 0.3) is 0 Å². The summed E-state index contributed by atoms with van der Waals surface area (Å²) in [6.45, 7) is 4.24. The first kappa shape index (κ1) is 15.4. The maximum absolute atomic E-state index is 11.6. The second-order valence-electron chi connectivity index (χ2n) is 5.14. The van der Waals surface area contributed by atoms with E-state index in [4.69, 9.17) is 5.73 Å². The molecule has 1 unspecified atom stereocenters. The van der Waals surface area contributed by atoms with E-state index in [1.807, 2.05) is 17.4 Å². The number of carbonyl (C=O) groups excluding carboxylic acids is 1. The van der Waals surface area contributed by atoms with Gasteiger partial charge in [0.05, 0.1) is 11.4 Å². The van der Waals surface area contributed by atoms with E-state index in [9.17, 15) is 4.79 Å². The Bertz CT molecular complexity index is 636. The lowest BCUT2D eigenvalue weighted by atomic mass is 10.1. The number of hydrogen-bond acceptors (Lipinski definition) is 4. The molecule has 0 saturated heterocycles. The van der Waals surface area contributed by atoms with E-state index in [2.05, 4.69) is 36.6 Å². The van der Waals surface area contributed by atoms with E-state index in [1.54, 1.807) is 19.2 Å². The molecule has 0 saturated carbocycles. The van der Waals surface area contributed by atoms with Crippen molar-refractivity contribution in [2.24, 2.45) is 0 Å². The highest BCUT2D eigenvalue weighted by Crippen LogP contribution is 2.23. The minimum atomic E-state index is -0.129. The summed E-state index contributed by atoms with van der Waals surface area (Å²) in [5.41, 5.74) is 8.04. The smallest absolute Gasteiger partial charge is 0.251 e. The number of anilines is 2. The van der Waals surface area contributed by atoms with Crippen LogP contribution >= 0.6 is 11.3 Å². The molecule has 2 aromatic rings. The predicted octanol–water partition coefficient (Wildman–Crippen LogP) is 3.04. The molecule has 5 heteroatoms. The first-order chi connectivity index (χ1) is 9.99. The van der Waals surface area contributed by atoms with E-state index >= 15 is 0 Å². The normalized spacial score (nSPS) is 12.0. The summed E-state index contributed by atoms with van der Waals surface area (Å²) in [4.78, 5) is 14.2. The van der Waals surface area contributed by atoms with Crippen molar-refractivity contribution in [3.05, 3.63) is 45.6 Å². The number of aryl methyl sites for hydroxylation is 1. The topological polar surface area (TPSA) is 67.2 Å². The minimum absolute atomic E-state index is 0.129. The molecule has 1 atom stereocenters. The van der Waals surface area contributed by atoms with Gasteiger partial charge in [-0.25, -0.2) is 0 Å². The van der Waals surface area contributed by atoms with Crippen LogP contribution in [0.5, 0.6) is 0 Å². The van der Waals surface area contributed by atoms with Crippen molar-refractivity contribution in [2.75, 3.05) is 18.1 Å². The van der Waals surface area contributed by atoms with Gasteiger partial charge in [0, 0.05) is 34.8 Å². The molecule has 1 aromatic heterocycles. The Hall–Kier alpha value is -2.01. The van der Waals surface area contributed by atoms with Gasteiger partial charge in [0.2, 0.25) is 0 Å². The Morgan fingerprint density at radius 2 is 2.10 bits per heavy atom. The standard InChI is InChI=1S/C16H21N3OS/c1-10(8-13-6-4-11(2)21-13)19-15-7-5-12(9-14(15)17)16(20)18-3/h4-7,9-10,19H,8,17H2,1-3H3,(H,18,20). The summed E-state index contributed by atoms with van der Waals surface area (Å²) in [7, 11) is 1.61. The lowest BCUT2D eigenvalue weighted by Crippen LogP contribution is -2.20. The molecule has 112 valence electrons. The molecule has 21 heavy (non-hydrogen) atoms. The van der Waals surface area contributed by atoms with Gasteiger partial charge in [0.15, 0.2) is 0 Å². The third-order valence-electron chi connectivity index (χ3n) is 3.25. The van der Waals surface area contributed by atoms with Crippen molar-refractivity contribution in [2.45, 2.75) is 26.3 Å². The monoisotopic (exact) mass is 303 g/mol. The van der Waals surface area contributed by atoms with Crippen molar-refractivity contribution in [1.82, 2.24) is 5.32 Å². The largest absolute Gasteiger partial charge is 0.397 e. The van der Waals surface area contributed by atoms with E-state index in [-0.39, 0.29) is 11.9 Å². The molecular formula is C16H21N3OS. The third kappa shape index (κ3) is 3.98. The van der Waals surface area contributed by atoms with Crippen LogP contribution < -0.4 is 16.4 Å². The van der Waals surface area contributed by atoms with E-state index < -0.39 is 0 Å². The molecule has 0 aliphatic rings. The van der Waals surface area contributed by atoms with Crippen LogP contribution in [0.3, 0.4) is 0 Å². The molecule has 4 nitrogen and oxygen atoms in total. The Labute approximate surface area is 129 Å². The lowest BCUT2D eigenvalue weighted by Gasteiger charge is -2.16. The van der Waals surface area contributed by atoms with Gasteiger partial charge in [0.1, 0.15) is 0 Å². The zero-order valence-corrected chi connectivity index (χ0v) is 13.4. The summed E-state index contributed by atoms with van der Waals surface area (Å²) < 4.78 is 0. The molecule has 0 aliphatic carbocycles. The molecule has 1 heterocycles. The number of nitrogens with two attached hydrogens (primary N) is 1. The first-order valence-corrected chi connectivity index (χ1v) is 7.74. The molecule has 0 bridgehead atoms. The Morgan fingerprint density at radius 1 is 1.33 bits per heavy atom. The van der Waals surface area contributed by atoms with Crippen LogP contribution in [0, 0.1) is 6.92 Å². The van der Waals surface area contributed by atoms with Crippen molar-refractivity contribution < 1.29 is 4.79 Å². The highest BCUT2D eigenvalue weighted by molar-refractivity contribution is 7.11. The molecule has 1 amide bonds. The van der Waals surface area contributed by atoms with Gasteiger partial charge in [-0.2, -0.15) is 0 Å². The molecule has 2 rings (SSSR count). The Kier molecular flexibility index (Phi) is 4.85. The SMILES string of the molecule is CNC(=O)c1ccc(NC(C)Cc2ccc(C)s2)c(N)c1. The third-order valence-corrected chi connectivity index (χ3v) is 4.27. The highest BCUT2D eigenvalue weighted by Gasteiger charge is 2.10. The van der Waals surface area contributed by atoms with Crippen molar-refractivity contribution in [3.63, 3.8) is 0 Å². The van der Waals surface area contributed by atoms with Gasteiger partial charge in [0.25, 0.3) is 5.91 Å². The zero-order chi connectivity index (χ0) is 15.4. The number of thiophene rings is 1. The molecule has 0 radical (unpaired) electrons. The predicted molar refractivity (Wildman–Crippen MR) is 90.1 cm³/mol. The summed E-state index contributed by atoms with van der Waals surface area (Å²) in [6.07, 6.45) is 0.954. The van der Waals surface area contributed by atoms with Crippen LogP contribution in [0.2, 0.25) is 0 Å². The molecule has 1 aromatic carbocycles. The summed E-state index contributed by atoms with van der Waals surface area (Å²) in [6, 6.07) is 9.91. The molecular weight excluding hydrogens is 282 g/mol. The molecule has 0 aliphatic heterocycles. The van der Waals surface area contributed by atoms with Gasteiger partial charge in [-0.1, -0.05) is 0 Å². The second kappa shape index (κ2) is 6.63. The second-order valence-corrected chi connectivity index (χ2v) is 6.52. The fourth-order valence-corrected chi connectivity index (χ4v) is 3.21. The van der Waals surface area contributed by atoms with Crippen molar-refractivity contribution in [1.29, 1.82) is 0 Å². The van der Waals surface area contributed by atoms with Gasteiger partial charge in [-0.05, 0) is 44.2 Å². The average Bonchev–Trinajstić information content (AvgIpc) is 2.85. The summed E-state index contributed by atoms with van der Waals surface area (Å²) >= 11 is 1.82. The van der Waals surface area contributed by atoms with Gasteiger partial charge >= 0.3 is 0 Å². The fraction of sp³-hybridized carbons (Fsp3) is 0.312. The van der Waals surface area contributed by atoms with Crippen molar-refractivity contribution >= 4 is 28.6 Å². The van der Waals surface area contributed by atoms with Crippen LogP contribution in [0.4, 0.5) is 11.4 Å². The van der Waals surface area contributed by atoms with Crippen molar-refractivity contribution in [3.8, 4) is 0 Å². The number of carbonyl (C=O) groups is 1. The minimum Gasteiger partial charge on any atom is -0.397 e. The van der Waals surface area contributed by atoms with Crippen LogP contribution in [0.15, 0.2) is 30.3 Å². The fourth-order valence-electron chi connectivity index (χ4n) is 2.19. The van der Waals surface area contributed by atoms with Crippen LogP contribution in [-0.4, -0.2) is 19.0 Å². The first-order valence-electron chi connectivity index (χ1n) is 6.93. The van der Waals surface area contributed by atoms with Crippen LogP contribution in [0.1, 0.15) is 27.0 Å². The summed E-state index contributed by atoms with van der Waals surface area (Å²) in [5, 5.41) is 5.99. The number of nitrogen functional groups attached to an aromatic ring is 1. The maximum atomic E-state index is 11.6. The molecule has 0 fully saturated rings. The Morgan fingerprint density at radius 3 is 2.67 bits per heavy atom. The molecule has 4 N–H and O–H groups in total. The average molecular weight is 303 g/mol. The van der Waals surface area contributed by atoms with Gasteiger partial charge in [-0.3, -0.25) is 4.79 Å². The number of rotatable bonds is 5. The van der Waals surface area contributed by atoms with E-state index in [1.165, 1.54) is 9.75 Å². The number of hydrogen-bond donors (Lipinski definition) is 3. The van der Waals surface area contributed by atoms with Gasteiger partial charge < -0.3 is 16.4 Å². The summed E-state index contributed by atoms with van der Waals surface area (Å²) in [5.74, 6) is -0.129. The quantitative estimate of drug-likeness (QED) is 0.744. The van der Waals surface area contributed by atoms with E-state index in [0.717, 1.165) is 12.1 Å². The number of amides is 1. The zero-order valence-electron chi connectivity index (χ0n) is 12.6. The maximum Gasteiger partial charge on any atom is 0.251 e. The van der Waals surface area contributed by atoms with Gasteiger partial charge in [-0.15, -0.1) is 11.3 Å². The molecule has 0 spiro atoms. The number of benzene rings is 1. The Balaban J connectivity index is 2.03. The number of nitrogens with one attached hydrogen (secondary N) is 2. The van der Waals surface area contributed by atoms with E-state index in [0.29, 0.717) is 11.3 Å².